The maximum atomic E-state index is 12.4. The molecule has 0 heterocycles. The Kier molecular flexibility index (Phi) is 4.88. The van der Waals surface area contributed by atoms with Gasteiger partial charge in [0.1, 0.15) is 0 Å². The van der Waals surface area contributed by atoms with E-state index in [1.165, 1.54) is 0 Å². The summed E-state index contributed by atoms with van der Waals surface area (Å²) in [5, 5.41) is 10.1. The molecule has 1 fully saturated rings. The zero-order chi connectivity index (χ0) is 15.5. The lowest BCUT2D eigenvalue weighted by atomic mass is 9.76. The molecule has 0 bridgehead atoms. The summed E-state index contributed by atoms with van der Waals surface area (Å²) >= 11 is 6.16. The Morgan fingerprint density at radius 3 is 2.57 bits per heavy atom. The Hall–Kier alpha value is -1.55. The maximum absolute atomic E-state index is 12.4. The molecule has 0 aromatic heterocycles. The van der Waals surface area contributed by atoms with E-state index in [2.05, 4.69) is 0 Å². The van der Waals surface area contributed by atoms with E-state index in [0.717, 1.165) is 12.8 Å². The van der Waals surface area contributed by atoms with Gasteiger partial charge in [0.2, 0.25) is 0 Å². The van der Waals surface area contributed by atoms with Gasteiger partial charge in [0.15, 0.2) is 5.41 Å². The molecule has 1 saturated carbocycles. The molecule has 1 N–H and O–H groups in total. The van der Waals surface area contributed by atoms with Gasteiger partial charge in [0.25, 0.3) is 0 Å². The quantitative estimate of drug-likeness (QED) is 0.619. The third-order valence-corrected chi connectivity index (χ3v) is 4.28. The normalized spacial score (nSPS) is 17.0. The van der Waals surface area contributed by atoms with Crippen LogP contribution in [0.3, 0.4) is 0 Å². The topological polar surface area (TPSA) is 63.6 Å². The minimum Gasteiger partial charge on any atom is -0.480 e. The van der Waals surface area contributed by atoms with Gasteiger partial charge < -0.3 is 9.84 Å². The SMILES string of the molecule is CCOC(=O)C(CCC1CC1)(C(=O)O)c1ccccc1Cl. The highest BCUT2D eigenvalue weighted by Crippen LogP contribution is 2.41. The van der Waals surface area contributed by atoms with Crippen molar-refractivity contribution in [3.05, 3.63) is 34.9 Å². The van der Waals surface area contributed by atoms with E-state index in [9.17, 15) is 14.7 Å². The monoisotopic (exact) mass is 310 g/mol. The zero-order valence-electron chi connectivity index (χ0n) is 12.0. The first kappa shape index (κ1) is 15.8. The molecular weight excluding hydrogens is 292 g/mol. The Balaban J connectivity index is 2.45. The van der Waals surface area contributed by atoms with Crippen molar-refractivity contribution in [2.24, 2.45) is 5.92 Å². The summed E-state index contributed by atoms with van der Waals surface area (Å²) in [6.45, 7) is 1.81. The largest absolute Gasteiger partial charge is 0.480 e. The lowest BCUT2D eigenvalue weighted by Crippen LogP contribution is -2.45. The molecule has 0 aliphatic heterocycles. The Bertz CT molecular complexity index is 539. The number of carbonyl (C=O) groups excluding carboxylic acids is 1. The van der Waals surface area contributed by atoms with Crippen molar-refractivity contribution in [2.75, 3.05) is 6.61 Å². The standard InChI is InChI=1S/C16H19ClO4/c1-2-21-15(20)16(14(18)19,10-9-11-7-8-11)12-5-3-4-6-13(12)17/h3-6,11H,2,7-10H2,1H3,(H,18,19). The fraction of sp³-hybridized carbons (Fsp3) is 0.500. The van der Waals surface area contributed by atoms with Crippen molar-refractivity contribution in [1.82, 2.24) is 0 Å². The first-order valence-corrected chi connectivity index (χ1v) is 7.55. The highest BCUT2D eigenvalue weighted by Gasteiger charge is 2.50. The summed E-state index contributed by atoms with van der Waals surface area (Å²) < 4.78 is 5.05. The summed E-state index contributed by atoms with van der Waals surface area (Å²) in [4.78, 5) is 24.4. The minimum absolute atomic E-state index is 0.141. The van der Waals surface area contributed by atoms with Crippen molar-refractivity contribution in [2.45, 2.75) is 38.0 Å². The molecule has 0 radical (unpaired) electrons. The summed E-state index contributed by atoms with van der Waals surface area (Å²) in [6, 6.07) is 6.60. The average molecular weight is 311 g/mol. The first-order valence-electron chi connectivity index (χ1n) is 7.18. The van der Waals surface area contributed by atoms with Gasteiger partial charge in [-0.05, 0) is 37.3 Å². The van der Waals surface area contributed by atoms with Crippen LogP contribution >= 0.6 is 11.6 Å². The van der Waals surface area contributed by atoms with E-state index in [-0.39, 0.29) is 18.1 Å². The Morgan fingerprint density at radius 2 is 2.05 bits per heavy atom. The average Bonchev–Trinajstić information content (AvgIpc) is 3.25. The number of hydrogen-bond donors (Lipinski definition) is 1. The van der Waals surface area contributed by atoms with Crippen LogP contribution in [0.15, 0.2) is 24.3 Å². The second kappa shape index (κ2) is 6.48. The number of esters is 1. The molecule has 1 atom stereocenters. The van der Waals surface area contributed by atoms with Gasteiger partial charge in [-0.1, -0.05) is 42.6 Å². The van der Waals surface area contributed by atoms with Gasteiger partial charge >= 0.3 is 11.9 Å². The molecule has 5 heteroatoms. The number of carboxylic acids is 1. The number of rotatable bonds is 7. The number of aliphatic carboxylic acids is 1. The van der Waals surface area contributed by atoms with Gasteiger partial charge in [-0.15, -0.1) is 0 Å². The van der Waals surface area contributed by atoms with Crippen LogP contribution in [0.2, 0.25) is 5.02 Å². The fourth-order valence-corrected chi connectivity index (χ4v) is 2.84. The van der Waals surface area contributed by atoms with Crippen LogP contribution in [-0.4, -0.2) is 23.7 Å². The van der Waals surface area contributed by atoms with Crippen molar-refractivity contribution in [3.63, 3.8) is 0 Å². The number of hydrogen-bond acceptors (Lipinski definition) is 3. The lowest BCUT2D eigenvalue weighted by molar-refractivity contribution is -0.162. The zero-order valence-corrected chi connectivity index (χ0v) is 12.7. The molecule has 21 heavy (non-hydrogen) atoms. The Morgan fingerprint density at radius 1 is 1.38 bits per heavy atom. The van der Waals surface area contributed by atoms with E-state index in [0.29, 0.717) is 17.9 Å². The molecule has 0 spiro atoms. The second-order valence-electron chi connectivity index (χ2n) is 5.39. The van der Waals surface area contributed by atoms with Crippen LogP contribution in [0.5, 0.6) is 0 Å². The van der Waals surface area contributed by atoms with E-state index < -0.39 is 17.4 Å². The molecule has 114 valence electrons. The van der Waals surface area contributed by atoms with Gasteiger partial charge in [-0.3, -0.25) is 9.59 Å². The van der Waals surface area contributed by atoms with Crippen molar-refractivity contribution in [1.29, 1.82) is 0 Å². The highest BCUT2D eigenvalue weighted by molar-refractivity contribution is 6.32. The molecule has 0 amide bonds. The Labute approximate surface area is 129 Å². The smallest absolute Gasteiger partial charge is 0.328 e. The number of halogens is 1. The van der Waals surface area contributed by atoms with Gasteiger partial charge in [-0.2, -0.15) is 0 Å². The molecular formula is C16H19ClO4. The summed E-state index contributed by atoms with van der Waals surface area (Å²) in [6.07, 6.45) is 3.11. The third kappa shape index (κ3) is 3.21. The van der Waals surface area contributed by atoms with Gasteiger partial charge in [0.05, 0.1) is 6.61 Å². The predicted molar refractivity (Wildman–Crippen MR) is 79.4 cm³/mol. The second-order valence-corrected chi connectivity index (χ2v) is 5.80. The summed E-state index contributed by atoms with van der Waals surface area (Å²) in [7, 11) is 0. The predicted octanol–water partition coefficient (Wildman–Crippen LogP) is 3.42. The number of benzene rings is 1. The van der Waals surface area contributed by atoms with Crippen LogP contribution in [0.1, 0.15) is 38.2 Å². The van der Waals surface area contributed by atoms with E-state index in [1.807, 2.05) is 0 Å². The van der Waals surface area contributed by atoms with Crippen LogP contribution < -0.4 is 0 Å². The van der Waals surface area contributed by atoms with Crippen molar-refractivity contribution in [3.8, 4) is 0 Å². The highest BCUT2D eigenvalue weighted by atomic mass is 35.5. The molecule has 1 aliphatic carbocycles. The van der Waals surface area contributed by atoms with E-state index in [4.69, 9.17) is 16.3 Å². The van der Waals surface area contributed by atoms with Crippen LogP contribution in [-0.2, 0) is 19.7 Å². The van der Waals surface area contributed by atoms with Gasteiger partial charge in [0, 0.05) is 5.02 Å². The number of carbonyl (C=O) groups is 2. The lowest BCUT2D eigenvalue weighted by Gasteiger charge is -2.28. The molecule has 1 aliphatic rings. The molecule has 0 saturated heterocycles. The molecule has 1 aromatic carbocycles. The van der Waals surface area contributed by atoms with Gasteiger partial charge in [-0.25, -0.2) is 0 Å². The number of ether oxygens (including phenoxy) is 1. The molecule has 2 rings (SSSR count). The van der Waals surface area contributed by atoms with Crippen LogP contribution in [0, 0.1) is 5.92 Å². The summed E-state index contributed by atoms with van der Waals surface area (Å²) in [5.74, 6) is -1.42. The number of carboxylic acid groups (broad SMARTS) is 1. The third-order valence-electron chi connectivity index (χ3n) is 3.95. The van der Waals surface area contributed by atoms with Crippen LogP contribution in [0.4, 0.5) is 0 Å². The maximum Gasteiger partial charge on any atom is 0.328 e. The van der Waals surface area contributed by atoms with Crippen molar-refractivity contribution < 1.29 is 19.4 Å². The fourth-order valence-electron chi connectivity index (χ4n) is 2.54. The molecule has 1 aromatic rings. The first-order chi connectivity index (χ1) is 10.0. The molecule has 1 unspecified atom stereocenters. The molecule has 4 nitrogen and oxygen atoms in total. The van der Waals surface area contributed by atoms with Crippen molar-refractivity contribution >= 4 is 23.5 Å². The van der Waals surface area contributed by atoms with Crippen LogP contribution in [0.25, 0.3) is 0 Å². The van der Waals surface area contributed by atoms with E-state index >= 15 is 0 Å². The van der Waals surface area contributed by atoms with E-state index in [1.54, 1.807) is 31.2 Å². The summed E-state index contributed by atoms with van der Waals surface area (Å²) in [5.41, 5.74) is -1.39. The minimum atomic E-state index is -1.71.